The Balaban J connectivity index is 3.78. The Hall–Kier alpha value is -1.26. The molecular weight excluding hydrogens is 146 g/mol. The van der Waals surface area contributed by atoms with Gasteiger partial charge < -0.3 is 16.2 Å². The van der Waals surface area contributed by atoms with Crippen LogP contribution in [0.3, 0.4) is 0 Å². The Morgan fingerprint density at radius 2 is 2.18 bits per heavy atom. The Labute approximate surface area is 65.4 Å². The number of hydrogen-bond donors (Lipinski definition) is 2. The molecular formula is C6H13N3O2. The van der Waals surface area contributed by atoms with E-state index in [2.05, 4.69) is 9.73 Å². The van der Waals surface area contributed by atoms with E-state index < -0.39 is 0 Å². The summed E-state index contributed by atoms with van der Waals surface area (Å²) < 4.78 is 4.45. The molecule has 0 fully saturated rings. The second kappa shape index (κ2) is 4.54. The van der Waals surface area contributed by atoms with Gasteiger partial charge in [0.05, 0.1) is 19.6 Å². The summed E-state index contributed by atoms with van der Waals surface area (Å²) in [4.78, 5) is 14.4. The lowest BCUT2D eigenvalue weighted by molar-refractivity contribution is -0.144. The minimum Gasteiger partial charge on any atom is -0.469 e. The Bertz CT molecular complexity index is 163. The van der Waals surface area contributed by atoms with Gasteiger partial charge in [0, 0.05) is 0 Å². The van der Waals surface area contributed by atoms with Crippen molar-refractivity contribution in [3.63, 3.8) is 0 Å². The van der Waals surface area contributed by atoms with Crippen LogP contribution in [-0.2, 0) is 9.53 Å². The van der Waals surface area contributed by atoms with Gasteiger partial charge in [0.2, 0.25) is 0 Å². The predicted octanol–water partition coefficient (Wildman–Crippen LogP) is -0.931. The van der Waals surface area contributed by atoms with E-state index in [1.807, 2.05) is 0 Å². The van der Waals surface area contributed by atoms with Gasteiger partial charge in [0.25, 0.3) is 0 Å². The highest BCUT2D eigenvalue weighted by molar-refractivity contribution is 5.76. The molecule has 0 heterocycles. The van der Waals surface area contributed by atoms with Crippen LogP contribution in [0.15, 0.2) is 4.99 Å². The van der Waals surface area contributed by atoms with Crippen LogP contribution in [0.1, 0.15) is 6.92 Å². The highest BCUT2D eigenvalue weighted by Gasteiger charge is 2.11. The van der Waals surface area contributed by atoms with Crippen molar-refractivity contribution in [2.75, 3.05) is 13.7 Å². The van der Waals surface area contributed by atoms with Crippen LogP contribution in [0.25, 0.3) is 0 Å². The lowest BCUT2D eigenvalue weighted by atomic mass is 10.2. The van der Waals surface area contributed by atoms with Crippen molar-refractivity contribution >= 4 is 11.9 Å². The summed E-state index contributed by atoms with van der Waals surface area (Å²) >= 11 is 0. The zero-order valence-corrected chi connectivity index (χ0v) is 6.70. The predicted molar refractivity (Wildman–Crippen MR) is 41.9 cm³/mol. The van der Waals surface area contributed by atoms with E-state index in [1.54, 1.807) is 6.92 Å². The Kier molecular flexibility index (Phi) is 4.02. The van der Waals surface area contributed by atoms with Crippen LogP contribution >= 0.6 is 0 Å². The van der Waals surface area contributed by atoms with Gasteiger partial charge in [0.1, 0.15) is 0 Å². The number of nitrogens with two attached hydrogens (primary N) is 2. The molecule has 64 valence electrons. The minimum atomic E-state index is -0.310. The molecule has 0 aromatic rings. The topological polar surface area (TPSA) is 90.7 Å². The van der Waals surface area contributed by atoms with E-state index in [0.29, 0.717) is 0 Å². The average molecular weight is 159 g/mol. The molecule has 0 radical (unpaired) electrons. The molecule has 4 N–H and O–H groups in total. The van der Waals surface area contributed by atoms with Gasteiger partial charge in [-0.05, 0) is 0 Å². The molecule has 5 heteroatoms. The Morgan fingerprint density at radius 3 is 2.55 bits per heavy atom. The first-order chi connectivity index (χ1) is 5.07. The first-order valence-corrected chi connectivity index (χ1v) is 3.21. The molecule has 11 heavy (non-hydrogen) atoms. The number of carbonyl (C=O) groups excluding carboxylic acids is 1. The van der Waals surface area contributed by atoms with Crippen molar-refractivity contribution in [2.45, 2.75) is 6.92 Å². The number of methoxy groups -OCH3 is 1. The molecule has 0 bridgehead atoms. The van der Waals surface area contributed by atoms with Crippen LogP contribution in [0, 0.1) is 5.92 Å². The monoisotopic (exact) mass is 159 g/mol. The van der Waals surface area contributed by atoms with E-state index in [0.717, 1.165) is 0 Å². The maximum atomic E-state index is 10.8. The highest BCUT2D eigenvalue weighted by atomic mass is 16.5. The van der Waals surface area contributed by atoms with Crippen LogP contribution in [0.4, 0.5) is 0 Å². The van der Waals surface area contributed by atoms with Crippen LogP contribution in [0.5, 0.6) is 0 Å². The second-order valence-electron chi connectivity index (χ2n) is 2.19. The number of ether oxygens (including phenoxy) is 1. The molecule has 0 aliphatic heterocycles. The molecule has 0 saturated carbocycles. The normalized spacial score (nSPS) is 11.8. The molecule has 0 spiro atoms. The fourth-order valence-electron chi connectivity index (χ4n) is 0.518. The zero-order valence-electron chi connectivity index (χ0n) is 6.70. The molecule has 0 aliphatic carbocycles. The van der Waals surface area contributed by atoms with E-state index in [1.165, 1.54) is 7.11 Å². The van der Waals surface area contributed by atoms with Crippen molar-refractivity contribution in [1.29, 1.82) is 0 Å². The second-order valence-corrected chi connectivity index (χ2v) is 2.19. The van der Waals surface area contributed by atoms with Crippen molar-refractivity contribution < 1.29 is 9.53 Å². The van der Waals surface area contributed by atoms with Gasteiger partial charge >= 0.3 is 5.97 Å². The first kappa shape index (κ1) is 9.74. The summed E-state index contributed by atoms with van der Waals surface area (Å²) in [5.41, 5.74) is 10.1. The van der Waals surface area contributed by atoms with Gasteiger partial charge in [-0.1, -0.05) is 6.92 Å². The zero-order chi connectivity index (χ0) is 8.85. The van der Waals surface area contributed by atoms with E-state index in [-0.39, 0.29) is 24.4 Å². The van der Waals surface area contributed by atoms with Gasteiger partial charge in [-0.3, -0.25) is 9.79 Å². The fraction of sp³-hybridized carbons (Fsp3) is 0.667. The molecule has 0 aromatic carbocycles. The highest BCUT2D eigenvalue weighted by Crippen LogP contribution is 1.96. The Morgan fingerprint density at radius 1 is 1.64 bits per heavy atom. The lowest BCUT2D eigenvalue weighted by Crippen LogP contribution is -2.25. The van der Waals surface area contributed by atoms with Crippen molar-refractivity contribution in [2.24, 2.45) is 22.4 Å². The summed E-state index contributed by atoms with van der Waals surface area (Å²) in [6.07, 6.45) is 0. The lowest BCUT2D eigenvalue weighted by Gasteiger charge is -2.04. The van der Waals surface area contributed by atoms with Crippen LogP contribution in [0.2, 0.25) is 0 Å². The molecule has 5 nitrogen and oxygen atoms in total. The van der Waals surface area contributed by atoms with Crippen molar-refractivity contribution in [3.8, 4) is 0 Å². The maximum absolute atomic E-state index is 10.8. The van der Waals surface area contributed by atoms with Gasteiger partial charge in [-0.15, -0.1) is 0 Å². The summed E-state index contributed by atoms with van der Waals surface area (Å²) in [6.45, 7) is 1.97. The molecule has 0 amide bonds. The number of aliphatic imine (C=N–C) groups is 1. The average Bonchev–Trinajstić information content (AvgIpc) is 1.98. The fourth-order valence-corrected chi connectivity index (χ4v) is 0.518. The quantitative estimate of drug-likeness (QED) is 0.316. The first-order valence-electron chi connectivity index (χ1n) is 3.21. The van der Waals surface area contributed by atoms with E-state index in [4.69, 9.17) is 11.5 Å². The van der Waals surface area contributed by atoms with E-state index in [9.17, 15) is 4.79 Å². The SMILES string of the molecule is COC(=O)C(C)CN=C(N)N. The smallest absolute Gasteiger partial charge is 0.310 e. The van der Waals surface area contributed by atoms with Crippen LogP contribution < -0.4 is 11.5 Å². The third-order valence-electron chi connectivity index (χ3n) is 1.15. The maximum Gasteiger partial charge on any atom is 0.310 e. The number of carbonyl (C=O) groups is 1. The third kappa shape index (κ3) is 4.19. The number of esters is 1. The molecule has 0 rings (SSSR count). The molecule has 0 aliphatic rings. The van der Waals surface area contributed by atoms with Crippen molar-refractivity contribution in [3.05, 3.63) is 0 Å². The minimum absolute atomic E-state index is 0.0132. The van der Waals surface area contributed by atoms with Gasteiger partial charge in [-0.2, -0.15) is 0 Å². The third-order valence-corrected chi connectivity index (χ3v) is 1.15. The number of guanidine groups is 1. The summed E-state index contributed by atoms with van der Waals surface area (Å²) in [7, 11) is 1.33. The molecule has 0 aromatic heterocycles. The van der Waals surface area contributed by atoms with Crippen molar-refractivity contribution in [1.82, 2.24) is 0 Å². The molecule has 0 saturated heterocycles. The van der Waals surface area contributed by atoms with Gasteiger partial charge in [-0.25, -0.2) is 0 Å². The summed E-state index contributed by atoms with van der Waals surface area (Å²) in [5.74, 6) is -0.613. The van der Waals surface area contributed by atoms with Crippen LogP contribution in [-0.4, -0.2) is 25.6 Å². The molecule has 1 unspecified atom stereocenters. The largest absolute Gasteiger partial charge is 0.469 e. The standard InChI is InChI=1S/C6H13N3O2/c1-4(5(10)11-2)3-9-6(7)8/h4H,3H2,1-2H3,(H4,7,8,9). The summed E-state index contributed by atoms with van der Waals surface area (Å²) in [5, 5.41) is 0. The number of nitrogens with zero attached hydrogens (tertiary/aromatic N) is 1. The number of rotatable bonds is 3. The molecule has 1 atom stereocenters. The van der Waals surface area contributed by atoms with E-state index >= 15 is 0 Å². The number of hydrogen-bond acceptors (Lipinski definition) is 3. The summed E-state index contributed by atoms with van der Waals surface area (Å²) in [6, 6.07) is 0. The van der Waals surface area contributed by atoms with Gasteiger partial charge in [0.15, 0.2) is 5.96 Å².